The fourth-order valence-corrected chi connectivity index (χ4v) is 11.2. The van der Waals surface area contributed by atoms with Crippen LogP contribution in [0.25, 0.3) is 0 Å². The van der Waals surface area contributed by atoms with E-state index in [2.05, 4.69) is 35.9 Å². The molecule has 4 saturated carbocycles. The van der Waals surface area contributed by atoms with Gasteiger partial charge in [0.1, 0.15) is 0 Å². The topological polar surface area (TPSA) is 59.0 Å². The van der Waals surface area contributed by atoms with Gasteiger partial charge in [0, 0.05) is 43.9 Å². The molecule has 0 aromatic rings. The Hall–Kier alpha value is -0.200. The van der Waals surface area contributed by atoms with E-state index in [-0.39, 0.29) is 17.0 Å². The van der Waals surface area contributed by atoms with Gasteiger partial charge >= 0.3 is 0 Å². The first kappa shape index (κ1) is 24.2. The van der Waals surface area contributed by atoms with Crippen molar-refractivity contribution in [2.24, 2.45) is 40.4 Å². The Labute approximate surface area is 208 Å². The molecule has 8 atom stereocenters. The van der Waals surface area contributed by atoms with Gasteiger partial charge in [-0.05, 0) is 93.5 Å². The zero-order chi connectivity index (χ0) is 23.8. The molecule has 2 saturated heterocycles. The van der Waals surface area contributed by atoms with Gasteiger partial charge in [0.05, 0.1) is 5.66 Å². The number of aliphatic hydroxyl groups is 2. The van der Waals surface area contributed by atoms with Crippen LogP contribution in [0, 0.1) is 40.4 Å². The predicted octanol–water partition coefficient (Wildman–Crippen LogP) is 4.04. The largest absolute Gasteiger partial charge is 0.365 e. The molecule has 6 rings (SSSR count). The standard InChI is InChI=1S/C29H51N3O2/c1-21-23-10-9-22-24-8-7-12-26(24,2)13-11-25(22)27(23,3)29(20-28(21,33)34,31-16-5-4-6-17-31)32-18-14-30-15-19-32/h21-25,30,33-34H,4-20H2,1-3H3/t21?,22?,23?,24?,25?,26-,27-,29?/m0/s1. The van der Waals surface area contributed by atoms with E-state index in [0.717, 1.165) is 51.1 Å². The summed E-state index contributed by atoms with van der Waals surface area (Å²) in [6.07, 6.45) is 13.8. The molecule has 6 unspecified atom stereocenters. The third-order valence-corrected chi connectivity index (χ3v) is 12.8. The first-order valence-electron chi connectivity index (χ1n) is 14.9. The number of piperazine rings is 1. The molecular formula is C29H51N3O2. The SMILES string of the molecule is CC1C2CCC3C4CCC[C@@]4(C)CCC3[C@@]2(C)C(N2CCCCC2)(N2CCNCC2)CC1(O)O. The summed E-state index contributed by atoms with van der Waals surface area (Å²) in [4.78, 5) is 5.56. The van der Waals surface area contributed by atoms with Crippen LogP contribution in [0.1, 0.15) is 91.4 Å². The summed E-state index contributed by atoms with van der Waals surface area (Å²) in [6.45, 7) is 13.8. The highest BCUT2D eigenvalue weighted by Crippen LogP contribution is 2.71. The van der Waals surface area contributed by atoms with Crippen LogP contribution >= 0.6 is 0 Å². The number of hydrogen-bond donors (Lipinski definition) is 3. The smallest absolute Gasteiger partial charge is 0.168 e. The number of nitrogens with one attached hydrogen (secondary N) is 1. The van der Waals surface area contributed by atoms with Crippen LogP contribution in [-0.4, -0.2) is 70.7 Å². The van der Waals surface area contributed by atoms with Gasteiger partial charge in [0.25, 0.3) is 0 Å². The van der Waals surface area contributed by atoms with Crippen molar-refractivity contribution in [3.63, 3.8) is 0 Å². The summed E-state index contributed by atoms with van der Waals surface area (Å²) < 4.78 is 0. The molecule has 0 bridgehead atoms. The minimum atomic E-state index is -1.59. The van der Waals surface area contributed by atoms with Gasteiger partial charge in [0.15, 0.2) is 5.79 Å². The van der Waals surface area contributed by atoms with Crippen LogP contribution < -0.4 is 5.32 Å². The zero-order valence-electron chi connectivity index (χ0n) is 22.2. The Bertz CT molecular complexity index is 742. The van der Waals surface area contributed by atoms with Crippen molar-refractivity contribution in [3.05, 3.63) is 0 Å². The molecule has 5 nitrogen and oxygen atoms in total. The predicted molar refractivity (Wildman–Crippen MR) is 136 cm³/mol. The third kappa shape index (κ3) is 3.22. The van der Waals surface area contributed by atoms with E-state index in [1.165, 1.54) is 64.2 Å². The van der Waals surface area contributed by atoms with Crippen molar-refractivity contribution in [3.8, 4) is 0 Å². The number of rotatable bonds is 2. The maximum absolute atomic E-state index is 11.7. The first-order chi connectivity index (χ1) is 16.2. The van der Waals surface area contributed by atoms with E-state index in [1.54, 1.807) is 0 Å². The molecule has 0 aromatic carbocycles. The lowest BCUT2D eigenvalue weighted by Crippen LogP contribution is -2.81. The molecule has 0 aromatic heterocycles. The highest BCUT2D eigenvalue weighted by molar-refractivity contribution is 5.20. The fraction of sp³-hybridized carbons (Fsp3) is 1.00. The van der Waals surface area contributed by atoms with Gasteiger partial charge < -0.3 is 15.5 Å². The van der Waals surface area contributed by atoms with E-state index in [1.807, 2.05) is 0 Å². The summed E-state index contributed by atoms with van der Waals surface area (Å²) in [6, 6.07) is 0. The maximum atomic E-state index is 11.7. The van der Waals surface area contributed by atoms with Crippen molar-refractivity contribution >= 4 is 0 Å². The van der Waals surface area contributed by atoms with E-state index in [9.17, 15) is 10.2 Å². The molecule has 5 heteroatoms. The van der Waals surface area contributed by atoms with E-state index < -0.39 is 5.79 Å². The van der Waals surface area contributed by atoms with Gasteiger partial charge in [-0.3, -0.25) is 9.80 Å². The Kier molecular flexibility index (Phi) is 5.97. The van der Waals surface area contributed by atoms with E-state index >= 15 is 0 Å². The quantitative estimate of drug-likeness (QED) is 0.529. The highest BCUT2D eigenvalue weighted by atomic mass is 16.5. The maximum Gasteiger partial charge on any atom is 0.168 e. The van der Waals surface area contributed by atoms with Crippen molar-refractivity contribution < 1.29 is 10.2 Å². The second-order valence-corrected chi connectivity index (χ2v) is 13.9. The summed E-state index contributed by atoms with van der Waals surface area (Å²) >= 11 is 0. The first-order valence-corrected chi connectivity index (χ1v) is 14.9. The van der Waals surface area contributed by atoms with Gasteiger partial charge in [-0.25, -0.2) is 0 Å². The Morgan fingerprint density at radius 2 is 1.44 bits per heavy atom. The van der Waals surface area contributed by atoms with Crippen LogP contribution in [0.2, 0.25) is 0 Å². The Balaban J connectivity index is 1.50. The van der Waals surface area contributed by atoms with Crippen LogP contribution in [-0.2, 0) is 0 Å². The lowest BCUT2D eigenvalue weighted by molar-refractivity contribution is -0.345. The molecule has 4 aliphatic carbocycles. The summed E-state index contributed by atoms with van der Waals surface area (Å²) in [5.74, 6) is 1.15. The zero-order valence-corrected chi connectivity index (χ0v) is 22.2. The van der Waals surface area contributed by atoms with Crippen molar-refractivity contribution in [2.45, 2.75) is 103 Å². The normalized spacial score (nSPS) is 52.0. The van der Waals surface area contributed by atoms with Crippen molar-refractivity contribution in [2.75, 3.05) is 39.3 Å². The molecule has 3 N–H and O–H groups in total. The monoisotopic (exact) mass is 473 g/mol. The van der Waals surface area contributed by atoms with Gasteiger partial charge in [0.2, 0.25) is 0 Å². The molecule has 2 heterocycles. The molecule has 6 fully saturated rings. The highest BCUT2D eigenvalue weighted by Gasteiger charge is 2.72. The molecule has 0 radical (unpaired) electrons. The number of hydrogen-bond acceptors (Lipinski definition) is 5. The molecule has 0 amide bonds. The van der Waals surface area contributed by atoms with Crippen LogP contribution in [0.5, 0.6) is 0 Å². The van der Waals surface area contributed by atoms with Gasteiger partial charge in [-0.2, -0.15) is 0 Å². The average Bonchev–Trinajstić information content (AvgIpc) is 3.25. The Morgan fingerprint density at radius 1 is 0.735 bits per heavy atom. The molecule has 2 aliphatic heterocycles. The lowest BCUT2D eigenvalue weighted by atomic mass is 9.40. The number of piperidine rings is 1. The van der Waals surface area contributed by atoms with Gasteiger partial charge in [-0.1, -0.05) is 33.6 Å². The minimum absolute atomic E-state index is 0.0591. The number of likely N-dealkylation sites (tertiary alicyclic amines) is 1. The molecule has 194 valence electrons. The summed E-state index contributed by atoms with van der Waals surface area (Å²) in [5.41, 5.74) is 0.417. The Morgan fingerprint density at radius 3 is 2.18 bits per heavy atom. The van der Waals surface area contributed by atoms with E-state index in [4.69, 9.17) is 0 Å². The molecule has 6 aliphatic rings. The van der Waals surface area contributed by atoms with Crippen molar-refractivity contribution in [1.29, 1.82) is 0 Å². The number of fused-ring (bicyclic) bond motifs is 5. The molecule has 34 heavy (non-hydrogen) atoms. The second-order valence-electron chi connectivity index (χ2n) is 13.9. The van der Waals surface area contributed by atoms with Gasteiger partial charge in [-0.15, -0.1) is 0 Å². The minimum Gasteiger partial charge on any atom is -0.365 e. The summed E-state index contributed by atoms with van der Waals surface area (Å²) in [5, 5.41) is 26.9. The number of nitrogens with zero attached hydrogens (tertiary/aromatic N) is 2. The van der Waals surface area contributed by atoms with E-state index in [0.29, 0.717) is 23.7 Å². The molecule has 0 spiro atoms. The fourth-order valence-electron chi connectivity index (χ4n) is 11.2. The lowest BCUT2D eigenvalue weighted by Gasteiger charge is -2.74. The van der Waals surface area contributed by atoms with Crippen LogP contribution in [0.4, 0.5) is 0 Å². The van der Waals surface area contributed by atoms with Crippen LogP contribution in [0.15, 0.2) is 0 Å². The molecular weight excluding hydrogens is 422 g/mol. The average molecular weight is 474 g/mol. The van der Waals surface area contributed by atoms with Crippen molar-refractivity contribution in [1.82, 2.24) is 15.1 Å². The van der Waals surface area contributed by atoms with Crippen LogP contribution in [0.3, 0.4) is 0 Å². The second kappa shape index (κ2) is 8.41. The third-order valence-electron chi connectivity index (χ3n) is 12.8. The summed E-state index contributed by atoms with van der Waals surface area (Å²) in [7, 11) is 0.